The molecule has 1 atom stereocenters. The summed E-state index contributed by atoms with van der Waals surface area (Å²) in [6.45, 7) is 24.6. The van der Waals surface area contributed by atoms with Gasteiger partial charge in [-0.15, -0.1) is 41.3 Å². The molecule has 0 aliphatic rings. The molecule has 7 rings (SSSR count). The Morgan fingerprint density at radius 1 is 0.732 bits per heavy atom. The Balaban J connectivity index is 0.00000532. The van der Waals surface area contributed by atoms with Gasteiger partial charge in [-0.05, 0) is 88.9 Å². The van der Waals surface area contributed by atoms with E-state index in [9.17, 15) is 0 Å². The number of hydrogen-bond donors (Lipinski definition) is 0. The van der Waals surface area contributed by atoms with Crippen molar-refractivity contribution in [1.29, 1.82) is 0 Å². The zero-order chi connectivity index (χ0) is 39.2. The van der Waals surface area contributed by atoms with Crippen molar-refractivity contribution in [2.24, 2.45) is 5.92 Å². The summed E-state index contributed by atoms with van der Waals surface area (Å²) in [4.78, 5) is 4.93. The minimum atomic E-state index is -0.131. The quantitative estimate of drug-likeness (QED) is 0.128. The molecule has 56 heavy (non-hydrogen) atoms. The number of hydrogen-bond acceptors (Lipinski definition) is 3. The van der Waals surface area contributed by atoms with Gasteiger partial charge in [0.1, 0.15) is 5.82 Å². The van der Waals surface area contributed by atoms with Crippen molar-refractivity contribution in [2.45, 2.75) is 112 Å². The van der Waals surface area contributed by atoms with Gasteiger partial charge in [0.25, 0.3) is 0 Å². The van der Waals surface area contributed by atoms with E-state index in [2.05, 4.69) is 166 Å². The predicted octanol–water partition coefficient (Wildman–Crippen LogP) is 13.6. The second-order valence-electron chi connectivity index (χ2n) is 17.9. The van der Waals surface area contributed by atoms with Crippen molar-refractivity contribution in [3.8, 4) is 34.1 Å². The number of fused-ring (bicyclic) bond motifs is 3. The number of pyridine rings is 1. The van der Waals surface area contributed by atoms with E-state index in [-0.39, 0.29) is 31.9 Å². The zero-order valence-corrected chi connectivity index (χ0v) is 37.2. The van der Waals surface area contributed by atoms with Gasteiger partial charge in [-0.3, -0.25) is 4.68 Å². The molecule has 5 nitrogen and oxygen atoms in total. The van der Waals surface area contributed by atoms with Crippen LogP contribution in [-0.2, 0) is 31.9 Å². The van der Waals surface area contributed by atoms with E-state index in [1.54, 1.807) is 0 Å². The van der Waals surface area contributed by atoms with Crippen LogP contribution in [-0.4, -0.2) is 19.3 Å². The number of aryl methyl sites for hydroxylation is 1. The molecule has 0 aliphatic carbocycles. The van der Waals surface area contributed by atoms with Crippen LogP contribution in [0.15, 0.2) is 91.1 Å². The van der Waals surface area contributed by atoms with Gasteiger partial charge >= 0.3 is 21.1 Å². The first-order valence-electron chi connectivity index (χ1n) is 19.9. The fourth-order valence-electron chi connectivity index (χ4n) is 7.70. The standard InChI is InChI=1S/C50H56N4O.Pt/c1-32(2)16-15-17-33(3)37-20-23-45-44(26-37)43-22-21-41(31-46(43)53(45)47-29-38(24-25-51-47)49(6,7)8)55-42-28-39(50(9,10)11)27-40(30-42)54-35(5)48(34(4)52-54)36-18-13-12-14-19-36;/h12-14,18-29,32-33H,15-17H2,1-11H3;/q-2;+2. The molecule has 0 N–H and O–H groups in total. The molecule has 6 heteroatoms. The molecule has 0 radical (unpaired) electrons. The summed E-state index contributed by atoms with van der Waals surface area (Å²) in [5.41, 5.74) is 10.8. The number of nitrogens with zero attached hydrogens (tertiary/aromatic N) is 4. The molecule has 7 aromatic rings. The van der Waals surface area contributed by atoms with Gasteiger partial charge in [0.15, 0.2) is 0 Å². The summed E-state index contributed by atoms with van der Waals surface area (Å²) in [5, 5.41) is 7.35. The van der Waals surface area contributed by atoms with Crippen LogP contribution in [0.2, 0.25) is 0 Å². The fourth-order valence-corrected chi connectivity index (χ4v) is 7.70. The predicted molar refractivity (Wildman–Crippen MR) is 229 cm³/mol. The Hall–Kier alpha value is -4.47. The number of ether oxygens (including phenoxy) is 1. The third-order valence-corrected chi connectivity index (χ3v) is 11.0. The first-order valence-corrected chi connectivity index (χ1v) is 19.9. The minimum Gasteiger partial charge on any atom is -0.509 e. The van der Waals surface area contributed by atoms with E-state index in [1.807, 2.05) is 23.0 Å². The molecule has 0 amide bonds. The van der Waals surface area contributed by atoms with E-state index in [0.717, 1.165) is 61.9 Å². The summed E-state index contributed by atoms with van der Waals surface area (Å²) in [6.07, 6.45) is 5.60. The Kier molecular flexibility index (Phi) is 11.9. The molecule has 0 aliphatic heterocycles. The smallest absolute Gasteiger partial charge is 0.509 e. The van der Waals surface area contributed by atoms with E-state index >= 15 is 0 Å². The second-order valence-corrected chi connectivity index (χ2v) is 17.9. The first kappa shape index (κ1) is 41.2. The molecule has 0 saturated heterocycles. The Morgan fingerprint density at radius 3 is 2.16 bits per heavy atom. The van der Waals surface area contributed by atoms with Gasteiger partial charge in [0, 0.05) is 34.5 Å². The van der Waals surface area contributed by atoms with Crippen LogP contribution >= 0.6 is 0 Å². The topological polar surface area (TPSA) is 44.9 Å². The van der Waals surface area contributed by atoms with Crippen molar-refractivity contribution in [3.05, 3.63) is 131 Å². The average molecular weight is 924 g/mol. The molecule has 0 bridgehead atoms. The van der Waals surface area contributed by atoms with Crippen LogP contribution < -0.4 is 4.74 Å². The van der Waals surface area contributed by atoms with Crippen molar-refractivity contribution in [3.63, 3.8) is 0 Å². The molecule has 3 aromatic heterocycles. The van der Waals surface area contributed by atoms with Crippen molar-refractivity contribution in [2.75, 3.05) is 0 Å². The Labute approximate surface area is 348 Å². The van der Waals surface area contributed by atoms with Crippen molar-refractivity contribution < 1.29 is 25.8 Å². The molecule has 4 aromatic carbocycles. The maximum atomic E-state index is 6.75. The molecule has 1 unspecified atom stereocenters. The third-order valence-electron chi connectivity index (χ3n) is 11.0. The number of benzene rings is 4. The summed E-state index contributed by atoms with van der Waals surface area (Å²) in [5.74, 6) is 3.32. The molecule has 0 fully saturated rings. The number of rotatable bonds is 10. The minimum absolute atomic E-state index is 0. The van der Waals surface area contributed by atoms with E-state index in [4.69, 9.17) is 14.8 Å². The zero-order valence-electron chi connectivity index (χ0n) is 34.9. The van der Waals surface area contributed by atoms with Crippen molar-refractivity contribution in [1.82, 2.24) is 19.3 Å². The normalized spacial score (nSPS) is 12.7. The molecule has 292 valence electrons. The largest absolute Gasteiger partial charge is 2.00 e. The average Bonchev–Trinajstić information content (AvgIpc) is 3.62. The van der Waals surface area contributed by atoms with Gasteiger partial charge in [-0.2, -0.15) is 11.2 Å². The molecule has 0 spiro atoms. The van der Waals surface area contributed by atoms with Gasteiger partial charge in [-0.1, -0.05) is 123 Å². The monoisotopic (exact) mass is 923 g/mol. The first-order chi connectivity index (χ1) is 26.1. The Morgan fingerprint density at radius 2 is 1.46 bits per heavy atom. The summed E-state index contributed by atoms with van der Waals surface area (Å²) >= 11 is 0. The van der Waals surface area contributed by atoms with E-state index in [1.165, 1.54) is 35.8 Å². The maximum absolute atomic E-state index is 6.75. The van der Waals surface area contributed by atoms with Crippen LogP contribution in [0.4, 0.5) is 0 Å². The number of aromatic nitrogens is 4. The molecular weight excluding hydrogens is 868 g/mol. The third kappa shape index (κ3) is 8.44. The van der Waals surface area contributed by atoms with E-state index < -0.39 is 0 Å². The van der Waals surface area contributed by atoms with E-state index in [0.29, 0.717) is 17.4 Å². The van der Waals surface area contributed by atoms with Gasteiger partial charge < -0.3 is 9.30 Å². The Bertz CT molecular complexity index is 2480. The van der Waals surface area contributed by atoms with Crippen LogP contribution in [0.5, 0.6) is 11.5 Å². The van der Waals surface area contributed by atoms with Crippen LogP contribution in [0.1, 0.15) is 116 Å². The SMILES string of the molecule is Cc1nn(-c2[c-]c(Oc3[c-]c4c(cc3)c3cc(C(C)CCCC(C)C)ccc3n4-c3cc(C(C)(C)C)ccn3)cc(C(C)(C)C)c2)c(C)c1-c1ccccc1.[Pt+2]. The van der Waals surface area contributed by atoms with Gasteiger partial charge in [0.2, 0.25) is 0 Å². The summed E-state index contributed by atoms with van der Waals surface area (Å²) < 4.78 is 11.0. The summed E-state index contributed by atoms with van der Waals surface area (Å²) in [6, 6.07) is 37.6. The molecule has 0 saturated carbocycles. The van der Waals surface area contributed by atoms with Gasteiger partial charge in [-0.25, -0.2) is 4.98 Å². The van der Waals surface area contributed by atoms with Crippen LogP contribution in [0, 0.1) is 31.9 Å². The molecule has 3 heterocycles. The van der Waals surface area contributed by atoms with Gasteiger partial charge in [0.05, 0.1) is 5.69 Å². The second kappa shape index (κ2) is 16.2. The molecular formula is C50H56N4OPt. The maximum Gasteiger partial charge on any atom is 2.00 e. The van der Waals surface area contributed by atoms with Crippen LogP contribution in [0.25, 0.3) is 44.4 Å². The summed E-state index contributed by atoms with van der Waals surface area (Å²) in [7, 11) is 0. The van der Waals surface area contributed by atoms with Crippen molar-refractivity contribution >= 4 is 21.8 Å². The van der Waals surface area contributed by atoms with Crippen LogP contribution in [0.3, 0.4) is 0 Å². The fraction of sp³-hybridized carbons (Fsp3) is 0.360.